The number of amides is 1. The van der Waals surface area contributed by atoms with Crippen molar-refractivity contribution in [3.63, 3.8) is 0 Å². The molecule has 1 aromatic heterocycles. The lowest BCUT2D eigenvalue weighted by Gasteiger charge is -2.04. The van der Waals surface area contributed by atoms with E-state index in [-0.39, 0.29) is 12.6 Å². The summed E-state index contributed by atoms with van der Waals surface area (Å²) < 4.78 is 4.78. The van der Waals surface area contributed by atoms with E-state index in [1.165, 1.54) is 7.11 Å². The molecule has 0 aliphatic rings. The molecule has 0 bridgehead atoms. The van der Waals surface area contributed by atoms with Crippen molar-refractivity contribution < 1.29 is 9.53 Å². The minimum atomic E-state index is -0.146. The zero-order chi connectivity index (χ0) is 11.4. The van der Waals surface area contributed by atoms with E-state index in [9.17, 15) is 4.79 Å². The Morgan fingerprint density at radius 2 is 2.31 bits per heavy atom. The number of fused-ring (bicyclic) bond motifs is 1. The highest BCUT2D eigenvalue weighted by Gasteiger charge is 2.05. The molecule has 4 heteroatoms. The maximum absolute atomic E-state index is 11.6. The fourth-order valence-electron chi connectivity index (χ4n) is 1.46. The van der Waals surface area contributed by atoms with Gasteiger partial charge in [-0.3, -0.25) is 9.78 Å². The molecule has 0 fully saturated rings. The van der Waals surface area contributed by atoms with Gasteiger partial charge in [0.1, 0.15) is 6.73 Å². The Morgan fingerprint density at radius 3 is 3.12 bits per heavy atom. The molecule has 82 valence electrons. The molecule has 0 aliphatic heterocycles. The van der Waals surface area contributed by atoms with Gasteiger partial charge in [0.15, 0.2) is 0 Å². The van der Waals surface area contributed by atoms with Gasteiger partial charge in [0.2, 0.25) is 0 Å². The molecule has 0 saturated carbocycles. The van der Waals surface area contributed by atoms with E-state index in [1.54, 1.807) is 12.3 Å². The molecule has 4 nitrogen and oxygen atoms in total. The molecule has 1 N–H and O–H groups in total. The summed E-state index contributed by atoms with van der Waals surface area (Å²) in [6.45, 7) is 0.212. The molecule has 1 heterocycles. The fourth-order valence-corrected chi connectivity index (χ4v) is 1.46. The topological polar surface area (TPSA) is 51.2 Å². The third-order valence-corrected chi connectivity index (χ3v) is 2.24. The zero-order valence-electron chi connectivity index (χ0n) is 8.93. The molecule has 0 radical (unpaired) electrons. The molecule has 1 amide bonds. The quantitative estimate of drug-likeness (QED) is 0.792. The number of rotatable bonds is 3. The van der Waals surface area contributed by atoms with E-state index in [0.717, 1.165) is 10.9 Å². The lowest BCUT2D eigenvalue weighted by molar-refractivity contribution is 0.0872. The molecule has 0 unspecified atom stereocenters. The average Bonchev–Trinajstić information content (AvgIpc) is 2.35. The van der Waals surface area contributed by atoms with E-state index < -0.39 is 0 Å². The van der Waals surface area contributed by atoms with Crippen molar-refractivity contribution in [2.75, 3.05) is 13.8 Å². The molecule has 1 aromatic carbocycles. The predicted molar refractivity (Wildman–Crippen MR) is 61.1 cm³/mol. The molecule has 0 saturated heterocycles. The first kappa shape index (κ1) is 10.6. The number of pyridine rings is 1. The van der Waals surface area contributed by atoms with Crippen LogP contribution in [0.15, 0.2) is 36.5 Å². The Morgan fingerprint density at radius 1 is 1.44 bits per heavy atom. The van der Waals surface area contributed by atoms with Crippen LogP contribution in [0.5, 0.6) is 0 Å². The number of carbonyl (C=O) groups excluding carboxylic acids is 1. The maximum Gasteiger partial charge on any atom is 0.253 e. The van der Waals surface area contributed by atoms with Gasteiger partial charge in [-0.25, -0.2) is 0 Å². The molecular formula is C12H12N2O2. The van der Waals surface area contributed by atoms with E-state index in [1.807, 2.05) is 24.3 Å². The summed E-state index contributed by atoms with van der Waals surface area (Å²) in [5.41, 5.74) is 1.49. The largest absolute Gasteiger partial charge is 0.364 e. The van der Waals surface area contributed by atoms with Crippen LogP contribution in [0.25, 0.3) is 10.9 Å². The predicted octanol–water partition coefficient (Wildman–Crippen LogP) is 1.57. The Balaban J connectivity index is 2.28. The van der Waals surface area contributed by atoms with Gasteiger partial charge in [-0.15, -0.1) is 0 Å². The average molecular weight is 216 g/mol. The molecule has 16 heavy (non-hydrogen) atoms. The minimum Gasteiger partial charge on any atom is -0.364 e. The van der Waals surface area contributed by atoms with Crippen molar-refractivity contribution in [2.45, 2.75) is 0 Å². The number of nitrogens with one attached hydrogen (secondary N) is 1. The number of methoxy groups -OCH3 is 1. The first-order valence-corrected chi connectivity index (χ1v) is 4.93. The Labute approximate surface area is 93.3 Å². The van der Waals surface area contributed by atoms with Crippen molar-refractivity contribution in [3.05, 3.63) is 42.1 Å². The van der Waals surface area contributed by atoms with E-state index in [2.05, 4.69) is 10.3 Å². The van der Waals surface area contributed by atoms with Gasteiger partial charge in [0.05, 0.1) is 5.52 Å². The van der Waals surface area contributed by atoms with Crippen LogP contribution in [0, 0.1) is 0 Å². The lowest BCUT2D eigenvalue weighted by atomic mass is 10.1. The van der Waals surface area contributed by atoms with Crippen LogP contribution in [-0.2, 0) is 4.74 Å². The summed E-state index contributed by atoms with van der Waals surface area (Å²) in [6, 6.07) is 9.17. The SMILES string of the molecule is COCNC(=O)c1ccc2ncccc2c1. The third kappa shape index (κ3) is 2.17. The second kappa shape index (κ2) is 4.72. The van der Waals surface area contributed by atoms with Crippen LogP contribution in [-0.4, -0.2) is 24.7 Å². The van der Waals surface area contributed by atoms with Crippen molar-refractivity contribution in [3.8, 4) is 0 Å². The molecular weight excluding hydrogens is 204 g/mol. The number of nitrogens with zero attached hydrogens (tertiary/aromatic N) is 1. The normalized spacial score (nSPS) is 10.3. The van der Waals surface area contributed by atoms with Crippen LogP contribution >= 0.6 is 0 Å². The van der Waals surface area contributed by atoms with Crippen LogP contribution in [0.3, 0.4) is 0 Å². The van der Waals surface area contributed by atoms with Crippen LogP contribution in [0.1, 0.15) is 10.4 Å². The van der Waals surface area contributed by atoms with Crippen molar-refractivity contribution in [1.29, 1.82) is 0 Å². The Bertz CT molecular complexity index is 511. The zero-order valence-corrected chi connectivity index (χ0v) is 8.93. The maximum atomic E-state index is 11.6. The fraction of sp³-hybridized carbons (Fsp3) is 0.167. The van der Waals surface area contributed by atoms with Gasteiger partial charge in [-0.2, -0.15) is 0 Å². The van der Waals surface area contributed by atoms with Gasteiger partial charge in [0.25, 0.3) is 5.91 Å². The number of aromatic nitrogens is 1. The minimum absolute atomic E-state index is 0.146. The van der Waals surface area contributed by atoms with Crippen molar-refractivity contribution in [1.82, 2.24) is 10.3 Å². The molecule has 0 atom stereocenters. The summed E-state index contributed by atoms with van der Waals surface area (Å²) in [6.07, 6.45) is 1.73. The monoisotopic (exact) mass is 216 g/mol. The first-order chi connectivity index (χ1) is 7.81. The molecule has 2 rings (SSSR count). The van der Waals surface area contributed by atoms with Gasteiger partial charge in [0, 0.05) is 24.3 Å². The Kier molecular flexibility index (Phi) is 3.12. The van der Waals surface area contributed by atoms with Gasteiger partial charge >= 0.3 is 0 Å². The van der Waals surface area contributed by atoms with Crippen LogP contribution < -0.4 is 5.32 Å². The summed E-state index contributed by atoms with van der Waals surface area (Å²) >= 11 is 0. The molecule has 2 aromatic rings. The molecule has 0 spiro atoms. The highest BCUT2D eigenvalue weighted by molar-refractivity contribution is 5.97. The number of hydrogen-bond acceptors (Lipinski definition) is 3. The van der Waals surface area contributed by atoms with Crippen molar-refractivity contribution in [2.24, 2.45) is 0 Å². The van der Waals surface area contributed by atoms with E-state index >= 15 is 0 Å². The standard InChI is InChI=1S/C12H12N2O2/c1-16-8-14-12(15)10-4-5-11-9(7-10)3-2-6-13-11/h2-7H,8H2,1H3,(H,14,15). The van der Waals surface area contributed by atoms with Gasteiger partial charge < -0.3 is 10.1 Å². The summed E-state index contributed by atoms with van der Waals surface area (Å²) in [5.74, 6) is -0.146. The number of ether oxygens (including phenoxy) is 1. The third-order valence-electron chi connectivity index (χ3n) is 2.24. The highest BCUT2D eigenvalue weighted by atomic mass is 16.5. The summed E-state index contributed by atoms with van der Waals surface area (Å²) in [4.78, 5) is 15.8. The smallest absolute Gasteiger partial charge is 0.253 e. The second-order valence-corrected chi connectivity index (χ2v) is 3.35. The summed E-state index contributed by atoms with van der Waals surface area (Å²) in [7, 11) is 1.53. The number of hydrogen-bond donors (Lipinski definition) is 1. The number of benzene rings is 1. The van der Waals surface area contributed by atoms with Gasteiger partial charge in [-0.05, 0) is 24.3 Å². The first-order valence-electron chi connectivity index (χ1n) is 4.93. The lowest BCUT2D eigenvalue weighted by Crippen LogP contribution is -2.25. The Hall–Kier alpha value is -1.94. The van der Waals surface area contributed by atoms with Crippen LogP contribution in [0.4, 0.5) is 0 Å². The summed E-state index contributed by atoms with van der Waals surface area (Å²) in [5, 5.41) is 3.58. The van der Waals surface area contributed by atoms with E-state index in [0.29, 0.717) is 5.56 Å². The highest BCUT2D eigenvalue weighted by Crippen LogP contribution is 2.12. The van der Waals surface area contributed by atoms with Crippen molar-refractivity contribution >= 4 is 16.8 Å². The van der Waals surface area contributed by atoms with Crippen LogP contribution in [0.2, 0.25) is 0 Å². The second-order valence-electron chi connectivity index (χ2n) is 3.35. The van der Waals surface area contributed by atoms with Gasteiger partial charge in [-0.1, -0.05) is 6.07 Å². The molecule has 0 aliphatic carbocycles. The van der Waals surface area contributed by atoms with E-state index in [4.69, 9.17) is 4.74 Å². The number of carbonyl (C=O) groups is 1.